The zero-order valence-electron chi connectivity index (χ0n) is 10.7. The van der Waals surface area contributed by atoms with Gasteiger partial charge in [-0.15, -0.1) is 0 Å². The van der Waals surface area contributed by atoms with E-state index >= 15 is 0 Å². The highest BCUT2D eigenvalue weighted by Gasteiger charge is 2.45. The van der Waals surface area contributed by atoms with Crippen LogP contribution in [-0.2, 0) is 9.53 Å². The average molecular weight is 253 g/mol. The topological polar surface area (TPSA) is 55.3 Å². The Morgan fingerprint density at radius 1 is 1.44 bits per heavy atom. The molecule has 0 N–H and O–H groups in total. The van der Waals surface area contributed by atoms with Crippen LogP contribution in [0.15, 0.2) is 12.4 Å². The number of methoxy groups -OCH3 is 1. The van der Waals surface area contributed by atoms with Gasteiger partial charge in [-0.1, -0.05) is 0 Å². The highest BCUT2D eigenvalue weighted by atomic mass is 19.1. The van der Waals surface area contributed by atoms with Crippen LogP contribution in [0.2, 0.25) is 0 Å². The van der Waals surface area contributed by atoms with Gasteiger partial charge in [-0.2, -0.15) is 0 Å². The van der Waals surface area contributed by atoms with Gasteiger partial charge in [0, 0.05) is 19.0 Å². The van der Waals surface area contributed by atoms with Crippen LogP contribution in [0.3, 0.4) is 0 Å². The summed E-state index contributed by atoms with van der Waals surface area (Å²) in [4.78, 5) is 21.4. The smallest absolute Gasteiger partial charge is 0.311 e. The molecule has 2 heterocycles. The molecule has 0 atom stereocenters. The van der Waals surface area contributed by atoms with Crippen LogP contribution < -0.4 is 4.90 Å². The molecule has 1 aliphatic rings. The highest BCUT2D eigenvalue weighted by Crippen LogP contribution is 2.36. The summed E-state index contributed by atoms with van der Waals surface area (Å²) >= 11 is 0. The fourth-order valence-corrected chi connectivity index (χ4v) is 2.00. The predicted octanol–water partition coefficient (Wildman–Crippen LogP) is 1.25. The Morgan fingerprint density at radius 2 is 2.00 bits per heavy atom. The fourth-order valence-electron chi connectivity index (χ4n) is 2.00. The van der Waals surface area contributed by atoms with Gasteiger partial charge in [-0.05, 0) is 13.8 Å². The Kier molecular flexibility index (Phi) is 3.19. The van der Waals surface area contributed by atoms with E-state index in [9.17, 15) is 9.18 Å². The summed E-state index contributed by atoms with van der Waals surface area (Å²) in [5.74, 6) is 0.0183. The molecule has 0 spiro atoms. The quantitative estimate of drug-likeness (QED) is 0.759. The second-order valence-corrected chi connectivity index (χ2v) is 5.02. The standard InChI is InChI=1S/C12H16FN3O2/c1-12(2,10(17)18-3)8-6-16(7-8)11-14-4-9(13)5-15-11/h4-5,8H,6-7H2,1-3H3. The minimum Gasteiger partial charge on any atom is -0.469 e. The number of carbonyl (C=O) groups excluding carboxylic acids is 1. The fraction of sp³-hybridized carbons (Fsp3) is 0.583. The molecule has 1 saturated heterocycles. The van der Waals surface area contributed by atoms with Crippen molar-refractivity contribution in [2.45, 2.75) is 13.8 Å². The molecular weight excluding hydrogens is 237 g/mol. The number of carbonyl (C=O) groups is 1. The van der Waals surface area contributed by atoms with Gasteiger partial charge < -0.3 is 9.64 Å². The number of ether oxygens (including phenoxy) is 1. The lowest BCUT2D eigenvalue weighted by Crippen LogP contribution is -2.56. The third-order valence-electron chi connectivity index (χ3n) is 3.50. The lowest BCUT2D eigenvalue weighted by molar-refractivity contribution is -0.154. The Morgan fingerprint density at radius 3 is 2.50 bits per heavy atom. The zero-order chi connectivity index (χ0) is 13.3. The van der Waals surface area contributed by atoms with Crippen molar-refractivity contribution in [1.82, 2.24) is 9.97 Å². The first-order valence-corrected chi connectivity index (χ1v) is 5.76. The van der Waals surface area contributed by atoms with E-state index in [0.717, 1.165) is 12.4 Å². The van der Waals surface area contributed by atoms with Crippen LogP contribution in [0.25, 0.3) is 0 Å². The van der Waals surface area contributed by atoms with Gasteiger partial charge in [-0.25, -0.2) is 14.4 Å². The van der Waals surface area contributed by atoms with Crippen LogP contribution in [0, 0.1) is 17.2 Å². The Balaban J connectivity index is 1.98. The normalized spacial score (nSPS) is 16.3. The lowest BCUT2D eigenvalue weighted by Gasteiger charge is -2.45. The molecule has 1 fully saturated rings. The van der Waals surface area contributed by atoms with E-state index in [-0.39, 0.29) is 11.9 Å². The summed E-state index contributed by atoms with van der Waals surface area (Å²) in [7, 11) is 1.39. The van der Waals surface area contributed by atoms with Crippen LogP contribution in [0.4, 0.5) is 10.3 Å². The van der Waals surface area contributed by atoms with Gasteiger partial charge >= 0.3 is 5.97 Å². The van der Waals surface area contributed by atoms with E-state index in [4.69, 9.17) is 4.74 Å². The molecule has 0 saturated carbocycles. The summed E-state index contributed by atoms with van der Waals surface area (Å²) < 4.78 is 17.5. The lowest BCUT2D eigenvalue weighted by atomic mass is 9.74. The molecule has 0 aliphatic carbocycles. The number of aromatic nitrogens is 2. The number of esters is 1. The third-order valence-corrected chi connectivity index (χ3v) is 3.50. The Labute approximate surface area is 105 Å². The Hall–Kier alpha value is -1.72. The summed E-state index contributed by atoms with van der Waals surface area (Å²) in [6.07, 6.45) is 2.28. The molecule has 1 aromatic heterocycles. The maximum atomic E-state index is 12.7. The van der Waals surface area contributed by atoms with Crippen LogP contribution in [-0.4, -0.2) is 36.1 Å². The molecule has 18 heavy (non-hydrogen) atoms. The number of hydrogen-bond donors (Lipinski definition) is 0. The summed E-state index contributed by atoms with van der Waals surface area (Å²) in [5.41, 5.74) is -0.523. The van der Waals surface area contributed by atoms with Gasteiger partial charge in [0.2, 0.25) is 5.95 Å². The minimum atomic E-state index is -0.523. The second-order valence-electron chi connectivity index (χ2n) is 5.02. The number of nitrogens with zero attached hydrogens (tertiary/aromatic N) is 3. The van der Waals surface area contributed by atoms with Gasteiger partial charge in [0.1, 0.15) is 0 Å². The molecule has 0 unspecified atom stereocenters. The maximum Gasteiger partial charge on any atom is 0.311 e. The van der Waals surface area contributed by atoms with Gasteiger partial charge in [0.15, 0.2) is 5.82 Å². The van der Waals surface area contributed by atoms with Crippen molar-refractivity contribution >= 4 is 11.9 Å². The van der Waals surface area contributed by atoms with Crippen LogP contribution in [0.5, 0.6) is 0 Å². The van der Waals surface area contributed by atoms with Gasteiger partial charge in [0.05, 0.1) is 24.9 Å². The summed E-state index contributed by atoms with van der Waals surface area (Å²) in [6.45, 7) is 5.08. The summed E-state index contributed by atoms with van der Waals surface area (Å²) in [5, 5.41) is 0. The first kappa shape index (κ1) is 12.7. The van der Waals surface area contributed by atoms with Crippen molar-refractivity contribution in [3.05, 3.63) is 18.2 Å². The van der Waals surface area contributed by atoms with Gasteiger partial charge in [-0.3, -0.25) is 4.79 Å². The molecule has 1 aromatic rings. The first-order chi connectivity index (χ1) is 8.45. The predicted molar refractivity (Wildman–Crippen MR) is 63.5 cm³/mol. The number of anilines is 1. The molecule has 0 bridgehead atoms. The third kappa shape index (κ3) is 2.14. The molecule has 5 nitrogen and oxygen atoms in total. The molecule has 0 radical (unpaired) electrons. The average Bonchev–Trinajstić information content (AvgIpc) is 2.28. The van der Waals surface area contributed by atoms with E-state index < -0.39 is 11.2 Å². The van der Waals surface area contributed by atoms with Crippen molar-refractivity contribution < 1.29 is 13.9 Å². The maximum absolute atomic E-state index is 12.7. The minimum absolute atomic E-state index is 0.193. The van der Waals surface area contributed by atoms with Crippen LogP contribution >= 0.6 is 0 Å². The number of halogens is 1. The Bertz CT molecular complexity index is 441. The van der Waals surface area contributed by atoms with E-state index in [2.05, 4.69) is 9.97 Å². The van der Waals surface area contributed by atoms with E-state index in [0.29, 0.717) is 19.0 Å². The van der Waals surface area contributed by atoms with Crippen molar-refractivity contribution in [2.24, 2.45) is 11.3 Å². The SMILES string of the molecule is COC(=O)C(C)(C)C1CN(c2ncc(F)cn2)C1. The number of hydrogen-bond acceptors (Lipinski definition) is 5. The molecule has 0 amide bonds. The zero-order valence-corrected chi connectivity index (χ0v) is 10.7. The highest BCUT2D eigenvalue weighted by molar-refractivity contribution is 5.76. The molecule has 98 valence electrons. The van der Waals surface area contributed by atoms with Crippen molar-refractivity contribution in [2.75, 3.05) is 25.1 Å². The molecule has 6 heteroatoms. The summed E-state index contributed by atoms with van der Waals surface area (Å²) in [6, 6.07) is 0. The monoisotopic (exact) mass is 253 g/mol. The van der Waals surface area contributed by atoms with Crippen molar-refractivity contribution in [1.29, 1.82) is 0 Å². The van der Waals surface area contributed by atoms with E-state index in [1.165, 1.54) is 7.11 Å². The number of rotatable bonds is 3. The van der Waals surface area contributed by atoms with E-state index in [1.807, 2.05) is 18.7 Å². The molecular formula is C12H16FN3O2. The second kappa shape index (κ2) is 4.51. The largest absolute Gasteiger partial charge is 0.469 e. The molecule has 0 aromatic carbocycles. The molecule has 1 aliphatic heterocycles. The van der Waals surface area contributed by atoms with E-state index in [1.54, 1.807) is 0 Å². The van der Waals surface area contributed by atoms with Crippen molar-refractivity contribution in [3.8, 4) is 0 Å². The van der Waals surface area contributed by atoms with Crippen molar-refractivity contribution in [3.63, 3.8) is 0 Å². The van der Waals surface area contributed by atoms with Gasteiger partial charge in [0.25, 0.3) is 0 Å². The molecule has 2 rings (SSSR count). The van der Waals surface area contributed by atoms with Crippen LogP contribution in [0.1, 0.15) is 13.8 Å². The first-order valence-electron chi connectivity index (χ1n) is 5.76.